The van der Waals surface area contributed by atoms with Gasteiger partial charge in [0.05, 0.1) is 18.3 Å². The second-order valence-corrected chi connectivity index (χ2v) is 7.62. The largest absolute Gasteiger partial charge is 0.433 e. The summed E-state index contributed by atoms with van der Waals surface area (Å²) in [5, 5.41) is 11.3. The summed E-state index contributed by atoms with van der Waals surface area (Å²) < 4.78 is 41.2. The van der Waals surface area contributed by atoms with E-state index >= 15 is 0 Å². The van der Waals surface area contributed by atoms with Gasteiger partial charge in [0.2, 0.25) is 0 Å². The molecule has 170 valence electrons. The molecular weight excluding hydrogens is 433 g/mol. The van der Waals surface area contributed by atoms with Crippen molar-refractivity contribution >= 4 is 16.8 Å². The molecule has 0 aliphatic rings. The molecular formula is C23H21F3N6O. The Morgan fingerprint density at radius 3 is 2.73 bits per heavy atom. The zero-order valence-electron chi connectivity index (χ0n) is 18.0. The number of nitrogens with zero attached hydrogens (tertiary/aromatic N) is 5. The summed E-state index contributed by atoms with van der Waals surface area (Å²) in [5.41, 5.74) is 2.18. The minimum atomic E-state index is -4.61. The molecule has 1 aromatic carbocycles. The summed E-state index contributed by atoms with van der Waals surface area (Å²) in [6, 6.07) is 11.3. The van der Waals surface area contributed by atoms with E-state index in [9.17, 15) is 18.0 Å². The summed E-state index contributed by atoms with van der Waals surface area (Å²) in [5.74, 6) is -0.618. The number of fused-ring (bicyclic) bond motifs is 1. The van der Waals surface area contributed by atoms with Crippen LogP contribution in [0.5, 0.6) is 0 Å². The van der Waals surface area contributed by atoms with Gasteiger partial charge in [-0.1, -0.05) is 24.3 Å². The highest BCUT2D eigenvalue weighted by Gasteiger charge is 2.35. The van der Waals surface area contributed by atoms with Gasteiger partial charge in [-0.15, -0.1) is 5.10 Å². The lowest BCUT2D eigenvalue weighted by atomic mass is 10.1. The summed E-state index contributed by atoms with van der Waals surface area (Å²) >= 11 is 0. The van der Waals surface area contributed by atoms with Crippen molar-refractivity contribution in [3.05, 3.63) is 82.6 Å². The third-order valence-electron chi connectivity index (χ3n) is 5.27. The van der Waals surface area contributed by atoms with Crippen molar-refractivity contribution in [3.8, 4) is 0 Å². The van der Waals surface area contributed by atoms with Crippen LogP contribution in [-0.2, 0) is 25.7 Å². The van der Waals surface area contributed by atoms with E-state index in [1.807, 2.05) is 37.3 Å². The highest BCUT2D eigenvalue weighted by Crippen LogP contribution is 2.31. The van der Waals surface area contributed by atoms with Crippen molar-refractivity contribution < 1.29 is 18.0 Å². The van der Waals surface area contributed by atoms with E-state index in [1.54, 1.807) is 0 Å². The lowest BCUT2D eigenvalue weighted by Gasteiger charge is -2.14. The van der Waals surface area contributed by atoms with E-state index in [4.69, 9.17) is 0 Å². The molecule has 0 unspecified atom stereocenters. The molecule has 4 rings (SSSR count). The quantitative estimate of drug-likeness (QED) is 0.474. The number of carbonyl (C=O) groups is 1. The monoisotopic (exact) mass is 454 g/mol. The fourth-order valence-corrected chi connectivity index (χ4v) is 3.49. The van der Waals surface area contributed by atoms with Crippen LogP contribution in [0.4, 0.5) is 13.2 Å². The third-order valence-corrected chi connectivity index (χ3v) is 5.27. The number of aromatic nitrogens is 5. The number of carbonyl (C=O) groups excluding carboxylic acids is 1. The maximum atomic E-state index is 13.2. The van der Waals surface area contributed by atoms with E-state index in [-0.39, 0.29) is 17.8 Å². The Labute approximate surface area is 187 Å². The van der Waals surface area contributed by atoms with Crippen LogP contribution in [0.15, 0.2) is 48.8 Å². The highest BCUT2D eigenvalue weighted by atomic mass is 19.4. The van der Waals surface area contributed by atoms with Gasteiger partial charge in [0.1, 0.15) is 5.69 Å². The number of benzene rings is 1. The van der Waals surface area contributed by atoms with Crippen molar-refractivity contribution in [2.24, 2.45) is 0 Å². The van der Waals surface area contributed by atoms with Crippen LogP contribution in [0.25, 0.3) is 10.9 Å². The number of hydrogen-bond acceptors (Lipinski definition) is 5. The average Bonchev–Trinajstić information content (AvgIpc) is 3.25. The molecule has 33 heavy (non-hydrogen) atoms. The molecule has 1 N–H and O–H groups in total. The van der Waals surface area contributed by atoms with Crippen molar-refractivity contribution in [1.29, 1.82) is 0 Å². The Kier molecular flexibility index (Phi) is 6.08. The van der Waals surface area contributed by atoms with Gasteiger partial charge >= 0.3 is 6.18 Å². The Balaban J connectivity index is 1.45. The first-order chi connectivity index (χ1) is 15.7. The number of hydrogen-bond donors (Lipinski definition) is 1. The molecule has 0 saturated heterocycles. The van der Waals surface area contributed by atoms with E-state index < -0.39 is 17.8 Å². The summed E-state index contributed by atoms with van der Waals surface area (Å²) in [4.78, 5) is 20.5. The van der Waals surface area contributed by atoms with Gasteiger partial charge in [-0.2, -0.15) is 13.2 Å². The predicted octanol–water partition coefficient (Wildman–Crippen LogP) is 4.09. The van der Waals surface area contributed by atoms with Crippen LogP contribution in [0.2, 0.25) is 0 Å². The Morgan fingerprint density at radius 1 is 1.15 bits per heavy atom. The van der Waals surface area contributed by atoms with Crippen molar-refractivity contribution in [3.63, 3.8) is 0 Å². The van der Waals surface area contributed by atoms with Gasteiger partial charge in [0, 0.05) is 29.4 Å². The molecule has 0 bridgehead atoms. The van der Waals surface area contributed by atoms with Crippen molar-refractivity contribution in [2.45, 2.75) is 39.5 Å². The van der Waals surface area contributed by atoms with E-state index in [0.29, 0.717) is 12.1 Å². The number of alkyl halides is 3. The van der Waals surface area contributed by atoms with Gasteiger partial charge in [-0.3, -0.25) is 14.8 Å². The summed E-state index contributed by atoms with van der Waals surface area (Å²) in [6.45, 7) is 3.65. The minimum absolute atomic E-state index is 0.0140. The van der Waals surface area contributed by atoms with Gasteiger partial charge in [-0.25, -0.2) is 4.68 Å². The number of aryl methyl sites for hydroxylation is 2. The number of halogens is 3. The fourth-order valence-electron chi connectivity index (χ4n) is 3.49. The number of pyridine rings is 2. The highest BCUT2D eigenvalue weighted by molar-refractivity contribution is 5.91. The zero-order chi connectivity index (χ0) is 23.6. The molecule has 4 aromatic rings. The molecule has 0 fully saturated rings. The van der Waals surface area contributed by atoms with Gasteiger partial charge in [-0.05, 0) is 48.7 Å². The summed E-state index contributed by atoms with van der Waals surface area (Å²) in [7, 11) is 0. The van der Waals surface area contributed by atoms with E-state index in [0.717, 1.165) is 34.8 Å². The molecule has 10 heteroatoms. The maximum Gasteiger partial charge on any atom is 0.433 e. The molecule has 3 aromatic heterocycles. The Morgan fingerprint density at radius 2 is 1.97 bits per heavy atom. The second kappa shape index (κ2) is 8.97. The molecule has 0 aliphatic carbocycles. The van der Waals surface area contributed by atoms with Gasteiger partial charge in [0.25, 0.3) is 5.91 Å². The van der Waals surface area contributed by atoms with Crippen LogP contribution in [0.3, 0.4) is 0 Å². The number of rotatable bonds is 6. The van der Waals surface area contributed by atoms with E-state index in [2.05, 4.69) is 25.6 Å². The van der Waals surface area contributed by atoms with Crippen LogP contribution in [0, 0.1) is 6.92 Å². The molecule has 1 amide bonds. The normalized spacial score (nSPS) is 11.7. The lowest BCUT2D eigenvalue weighted by Crippen LogP contribution is -2.26. The average molecular weight is 454 g/mol. The molecule has 0 aliphatic heterocycles. The van der Waals surface area contributed by atoms with Crippen molar-refractivity contribution in [2.75, 3.05) is 0 Å². The number of nitrogens with one attached hydrogen (secondary N) is 1. The standard InChI is InChI=1S/C23H21F3N6O/c1-3-17-6-5-16-10-15(4-7-19(16)29-17)12-32-13-20(30-31-32)22(33)28-11-18-14(2)8-9-27-21(18)23(24,25)26/h4-10,13H,3,11-12H2,1-2H3,(H,28,33). The third kappa shape index (κ3) is 5.00. The number of amides is 1. The van der Waals surface area contributed by atoms with Gasteiger partial charge in [0.15, 0.2) is 5.69 Å². The smallest absolute Gasteiger partial charge is 0.346 e. The fraction of sp³-hybridized carbons (Fsp3) is 0.261. The van der Waals surface area contributed by atoms with Crippen molar-refractivity contribution in [1.82, 2.24) is 30.3 Å². The molecule has 0 radical (unpaired) electrons. The first-order valence-corrected chi connectivity index (χ1v) is 10.3. The Hall–Kier alpha value is -3.82. The van der Waals surface area contributed by atoms with Crippen LogP contribution in [0.1, 0.15) is 45.5 Å². The second-order valence-electron chi connectivity index (χ2n) is 7.62. The molecule has 0 atom stereocenters. The maximum absolute atomic E-state index is 13.2. The zero-order valence-corrected chi connectivity index (χ0v) is 18.0. The van der Waals surface area contributed by atoms with Gasteiger partial charge < -0.3 is 5.32 Å². The first-order valence-electron chi connectivity index (χ1n) is 10.3. The first kappa shape index (κ1) is 22.4. The minimum Gasteiger partial charge on any atom is -0.346 e. The predicted molar refractivity (Wildman–Crippen MR) is 115 cm³/mol. The lowest BCUT2D eigenvalue weighted by molar-refractivity contribution is -0.141. The van der Waals surface area contributed by atoms with Crippen LogP contribution < -0.4 is 5.32 Å². The van der Waals surface area contributed by atoms with Crippen LogP contribution in [-0.4, -0.2) is 30.9 Å². The summed E-state index contributed by atoms with van der Waals surface area (Å²) in [6.07, 6.45) is -1.19. The van der Waals surface area contributed by atoms with Crippen LogP contribution >= 0.6 is 0 Å². The molecule has 7 nitrogen and oxygen atoms in total. The molecule has 0 saturated carbocycles. The molecule has 0 spiro atoms. The SMILES string of the molecule is CCc1ccc2cc(Cn3cc(C(=O)NCc4c(C)ccnc4C(F)(F)F)nn3)ccc2n1. The Bertz CT molecular complexity index is 1320. The topological polar surface area (TPSA) is 85.6 Å². The molecule has 3 heterocycles. The van der Waals surface area contributed by atoms with E-state index in [1.165, 1.54) is 23.9 Å².